The molecule has 0 aromatic carbocycles. The Kier molecular flexibility index (Phi) is 5.61. The fourth-order valence-electron chi connectivity index (χ4n) is 2.09. The summed E-state index contributed by atoms with van der Waals surface area (Å²) >= 11 is 0. The van der Waals surface area contributed by atoms with Gasteiger partial charge in [-0.25, -0.2) is 4.79 Å². The number of halogens is 3. The molecule has 0 radical (unpaired) electrons. The second-order valence-corrected chi connectivity index (χ2v) is 4.60. The summed E-state index contributed by atoms with van der Waals surface area (Å²) in [4.78, 5) is 12.0. The van der Waals surface area contributed by atoms with Gasteiger partial charge < -0.3 is 9.47 Å². The lowest BCUT2D eigenvalue weighted by atomic mass is 9.94. The molecule has 0 aromatic heterocycles. The standard InChI is InChI=1S/C12H20F3NO3/c1-3-16-11(9-5-6-9,10(17)19-4-2)7-18-8-12(13,14)15/h9,16H,3-8H2,1-2H3. The molecule has 1 aliphatic rings. The van der Waals surface area contributed by atoms with Crippen molar-refractivity contribution in [1.29, 1.82) is 0 Å². The molecule has 0 saturated heterocycles. The lowest BCUT2D eigenvalue weighted by Gasteiger charge is -2.32. The van der Waals surface area contributed by atoms with E-state index >= 15 is 0 Å². The number of nitrogens with one attached hydrogen (secondary N) is 1. The van der Waals surface area contributed by atoms with E-state index in [0.717, 1.165) is 12.8 Å². The Morgan fingerprint density at radius 1 is 1.26 bits per heavy atom. The molecule has 1 unspecified atom stereocenters. The van der Waals surface area contributed by atoms with Crippen LogP contribution in [-0.4, -0.2) is 44.0 Å². The Morgan fingerprint density at radius 3 is 2.32 bits per heavy atom. The van der Waals surface area contributed by atoms with Crippen molar-refractivity contribution in [3.63, 3.8) is 0 Å². The zero-order chi connectivity index (χ0) is 14.5. The van der Waals surface area contributed by atoms with Crippen LogP contribution in [0.25, 0.3) is 0 Å². The zero-order valence-electron chi connectivity index (χ0n) is 11.2. The second-order valence-electron chi connectivity index (χ2n) is 4.60. The molecule has 112 valence electrons. The van der Waals surface area contributed by atoms with Gasteiger partial charge in [-0.1, -0.05) is 6.92 Å². The van der Waals surface area contributed by atoms with Gasteiger partial charge in [-0.05, 0) is 32.2 Å². The van der Waals surface area contributed by atoms with Gasteiger partial charge >= 0.3 is 12.1 Å². The van der Waals surface area contributed by atoms with Crippen LogP contribution in [0.5, 0.6) is 0 Å². The van der Waals surface area contributed by atoms with Gasteiger partial charge in [0.05, 0.1) is 13.2 Å². The van der Waals surface area contributed by atoms with Crippen molar-refractivity contribution in [3.05, 3.63) is 0 Å². The molecule has 0 bridgehead atoms. The summed E-state index contributed by atoms with van der Waals surface area (Å²) in [6.45, 7) is 2.44. The van der Waals surface area contributed by atoms with E-state index in [1.165, 1.54) is 0 Å². The molecule has 1 atom stereocenters. The summed E-state index contributed by atoms with van der Waals surface area (Å²) in [7, 11) is 0. The summed E-state index contributed by atoms with van der Waals surface area (Å²) in [6, 6.07) is 0. The fourth-order valence-corrected chi connectivity index (χ4v) is 2.09. The van der Waals surface area contributed by atoms with Crippen LogP contribution in [0.3, 0.4) is 0 Å². The predicted molar refractivity (Wildman–Crippen MR) is 62.6 cm³/mol. The van der Waals surface area contributed by atoms with Gasteiger partial charge in [0.1, 0.15) is 12.1 Å². The van der Waals surface area contributed by atoms with Crippen LogP contribution >= 0.6 is 0 Å². The quantitative estimate of drug-likeness (QED) is 0.691. The van der Waals surface area contributed by atoms with Crippen LogP contribution in [0.15, 0.2) is 0 Å². The van der Waals surface area contributed by atoms with Gasteiger partial charge in [-0.15, -0.1) is 0 Å². The Hall–Kier alpha value is -0.820. The molecule has 0 spiro atoms. The molecule has 0 heterocycles. The molecule has 1 aliphatic carbocycles. The number of ether oxygens (including phenoxy) is 2. The van der Waals surface area contributed by atoms with E-state index in [9.17, 15) is 18.0 Å². The number of esters is 1. The highest BCUT2D eigenvalue weighted by atomic mass is 19.4. The molecule has 1 rings (SSSR count). The minimum Gasteiger partial charge on any atom is -0.465 e. The average Bonchev–Trinajstić information content (AvgIpc) is 3.10. The molecule has 0 aromatic rings. The first kappa shape index (κ1) is 16.2. The number of likely N-dealkylation sites (N-methyl/N-ethyl adjacent to an activating group) is 1. The summed E-state index contributed by atoms with van der Waals surface area (Å²) in [5.74, 6) is -0.541. The highest BCUT2D eigenvalue weighted by molar-refractivity contribution is 5.82. The number of carbonyl (C=O) groups excluding carboxylic acids is 1. The van der Waals surface area contributed by atoms with Gasteiger partial charge in [0, 0.05) is 0 Å². The molecule has 19 heavy (non-hydrogen) atoms. The van der Waals surface area contributed by atoms with Crippen LogP contribution in [-0.2, 0) is 14.3 Å². The number of alkyl halides is 3. The van der Waals surface area contributed by atoms with E-state index in [1.54, 1.807) is 13.8 Å². The normalized spacial score (nSPS) is 19.0. The van der Waals surface area contributed by atoms with Crippen molar-refractivity contribution in [2.24, 2.45) is 5.92 Å². The van der Waals surface area contributed by atoms with Crippen LogP contribution < -0.4 is 5.32 Å². The number of rotatable bonds is 8. The van der Waals surface area contributed by atoms with E-state index in [0.29, 0.717) is 6.54 Å². The van der Waals surface area contributed by atoms with Crippen molar-refractivity contribution < 1.29 is 27.4 Å². The number of carbonyl (C=O) groups is 1. The Bertz CT molecular complexity index is 305. The Labute approximate surface area is 110 Å². The van der Waals surface area contributed by atoms with Gasteiger partial charge in [0.2, 0.25) is 0 Å². The molecule has 1 saturated carbocycles. The molecule has 0 amide bonds. The maximum Gasteiger partial charge on any atom is 0.411 e. The number of hydrogen-bond donors (Lipinski definition) is 1. The van der Waals surface area contributed by atoms with E-state index < -0.39 is 24.3 Å². The summed E-state index contributed by atoms with van der Waals surface area (Å²) in [6.07, 6.45) is -2.81. The van der Waals surface area contributed by atoms with Crippen LogP contribution in [0.1, 0.15) is 26.7 Å². The van der Waals surface area contributed by atoms with Crippen LogP contribution in [0, 0.1) is 5.92 Å². The lowest BCUT2D eigenvalue weighted by Crippen LogP contribution is -2.58. The first-order valence-electron chi connectivity index (χ1n) is 6.42. The van der Waals surface area contributed by atoms with Crippen molar-refractivity contribution in [2.75, 3.05) is 26.4 Å². The number of hydrogen-bond acceptors (Lipinski definition) is 4. The first-order valence-corrected chi connectivity index (χ1v) is 6.42. The van der Waals surface area contributed by atoms with Gasteiger partial charge in [-0.3, -0.25) is 5.32 Å². The summed E-state index contributed by atoms with van der Waals surface area (Å²) < 4.78 is 46.0. The van der Waals surface area contributed by atoms with E-state index in [4.69, 9.17) is 9.47 Å². The van der Waals surface area contributed by atoms with E-state index in [1.807, 2.05) is 0 Å². The van der Waals surface area contributed by atoms with Crippen LogP contribution in [0.4, 0.5) is 13.2 Å². The van der Waals surface area contributed by atoms with Gasteiger partial charge in [-0.2, -0.15) is 13.2 Å². The minimum atomic E-state index is -4.39. The fraction of sp³-hybridized carbons (Fsp3) is 0.917. The average molecular weight is 283 g/mol. The maximum atomic E-state index is 12.1. The van der Waals surface area contributed by atoms with Crippen LogP contribution in [0.2, 0.25) is 0 Å². The highest BCUT2D eigenvalue weighted by Crippen LogP contribution is 2.41. The third-order valence-corrected chi connectivity index (χ3v) is 3.00. The lowest BCUT2D eigenvalue weighted by molar-refractivity contribution is -0.184. The molecular formula is C12H20F3NO3. The van der Waals surface area contributed by atoms with Crippen molar-refractivity contribution in [2.45, 2.75) is 38.4 Å². The SMILES string of the molecule is CCNC(COCC(F)(F)F)(C(=O)OCC)C1CC1. The summed E-state index contributed by atoms with van der Waals surface area (Å²) in [5, 5.41) is 2.96. The van der Waals surface area contributed by atoms with Gasteiger partial charge in [0.15, 0.2) is 0 Å². The molecule has 1 fully saturated rings. The Morgan fingerprint density at radius 2 is 1.89 bits per heavy atom. The topological polar surface area (TPSA) is 47.6 Å². The van der Waals surface area contributed by atoms with Crippen molar-refractivity contribution in [3.8, 4) is 0 Å². The second kappa shape index (κ2) is 6.56. The molecular weight excluding hydrogens is 263 g/mol. The molecule has 0 aliphatic heterocycles. The van der Waals surface area contributed by atoms with Crippen molar-refractivity contribution >= 4 is 5.97 Å². The first-order chi connectivity index (χ1) is 8.85. The monoisotopic (exact) mass is 283 g/mol. The predicted octanol–water partition coefficient (Wildman–Crippen LogP) is 1.89. The third kappa shape index (κ3) is 4.65. The van der Waals surface area contributed by atoms with E-state index in [-0.39, 0.29) is 19.1 Å². The maximum absolute atomic E-state index is 12.1. The highest BCUT2D eigenvalue weighted by Gasteiger charge is 2.52. The molecule has 7 heteroatoms. The largest absolute Gasteiger partial charge is 0.465 e. The Balaban J connectivity index is 2.69. The summed E-state index contributed by atoms with van der Waals surface area (Å²) in [5.41, 5.74) is -1.14. The van der Waals surface area contributed by atoms with Crippen molar-refractivity contribution in [1.82, 2.24) is 5.32 Å². The molecule has 1 N–H and O–H groups in total. The molecule has 4 nitrogen and oxygen atoms in total. The minimum absolute atomic E-state index is 0.0141. The zero-order valence-corrected chi connectivity index (χ0v) is 11.2. The third-order valence-electron chi connectivity index (χ3n) is 3.00. The smallest absolute Gasteiger partial charge is 0.411 e. The van der Waals surface area contributed by atoms with Gasteiger partial charge in [0.25, 0.3) is 0 Å². The van der Waals surface area contributed by atoms with E-state index in [2.05, 4.69) is 5.32 Å².